The van der Waals surface area contributed by atoms with Crippen molar-refractivity contribution in [2.75, 3.05) is 6.54 Å². The van der Waals surface area contributed by atoms with E-state index in [0.717, 1.165) is 18.4 Å². The van der Waals surface area contributed by atoms with Crippen LogP contribution in [0.1, 0.15) is 38.3 Å². The third-order valence-electron chi connectivity index (χ3n) is 4.08. The van der Waals surface area contributed by atoms with E-state index in [1.165, 1.54) is 10.8 Å². The van der Waals surface area contributed by atoms with E-state index >= 15 is 0 Å². The molecular formula is C18H24N2O. The summed E-state index contributed by atoms with van der Waals surface area (Å²) in [6, 6.07) is 14.3. The van der Waals surface area contributed by atoms with Gasteiger partial charge < -0.3 is 11.1 Å². The maximum atomic E-state index is 12.2. The quantitative estimate of drug-likeness (QED) is 0.854. The van der Waals surface area contributed by atoms with Crippen LogP contribution in [0.2, 0.25) is 0 Å². The summed E-state index contributed by atoms with van der Waals surface area (Å²) in [5, 5.41) is 5.45. The molecule has 3 N–H and O–H groups in total. The van der Waals surface area contributed by atoms with Crippen LogP contribution in [0.5, 0.6) is 0 Å². The number of hydrogen-bond donors (Lipinski definition) is 2. The van der Waals surface area contributed by atoms with Gasteiger partial charge in [-0.25, -0.2) is 0 Å². The van der Waals surface area contributed by atoms with Crippen LogP contribution in [0.15, 0.2) is 42.5 Å². The van der Waals surface area contributed by atoms with Crippen molar-refractivity contribution >= 4 is 16.7 Å². The van der Waals surface area contributed by atoms with Gasteiger partial charge >= 0.3 is 0 Å². The lowest BCUT2D eigenvalue weighted by atomic mass is 9.99. The molecule has 1 unspecified atom stereocenters. The van der Waals surface area contributed by atoms with Crippen molar-refractivity contribution in [3.63, 3.8) is 0 Å². The summed E-state index contributed by atoms with van der Waals surface area (Å²) >= 11 is 0. The smallest absolute Gasteiger partial charge is 0.223 e. The Kier molecular flexibility index (Phi) is 5.34. The molecule has 0 heterocycles. The molecule has 1 atom stereocenters. The highest BCUT2D eigenvalue weighted by Gasteiger charge is 2.19. The number of carbonyl (C=O) groups excluding carboxylic acids is 1. The van der Waals surface area contributed by atoms with E-state index in [-0.39, 0.29) is 17.9 Å². The number of fused-ring (bicyclic) bond motifs is 1. The lowest BCUT2D eigenvalue weighted by Gasteiger charge is -2.21. The van der Waals surface area contributed by atoms with Crippen molar-refractivity contribution in [1.29, 1.82) is 0 Å². The van der Waals surface area contributed by atoms with Crippen molar-refractivity contribution < 1.29 is 4.79 Å². The van der Waals surface area contributed by atoms with E-state index in [0.29, 0.717) is 6.54 Å². The predicted octanol–water partition coefficient (Wildman–Crippen LogP) is 3.39. The largest absolute Gasteiger partial charge is 0.348 e. The first-order chi connectivity index (χ1) is 10.2. The molecule has 2 aromatic rings. The van der Waals surface area contributed by atoms with E-state index in [1.807, 2.05) is 32.0 Å². The number of nitrogens with one attached hydrogen (secondary N) is 1. The second-order valence-electron chi connectivity index (χ2n) is 5.42. The first-order valence-corrected chi connectivity index (χ1v) is 7.68. The number of hydrogen-bond acceptors (Lipinski definition) is 2. The molecule has 0 saturated carbocycles. The highest BCUT2D eigenvalue weighted by atomic mass is 16.1. The van der Waals surface area contributed by atoms with Gasteiger partial charge in [0.25, 0.3) is 0 Å². The zero-order valence-corrected chi connectivity index (χ0v) is 12.8. The molecule has 0 spiro atoms. The molecule has 2 aromatic carbocycles. The van der Waals surface area contributed by atoms with Gasteiger partial charge in [0.05, 0.1) is 6.04 Å². The minimum atomic E-state index is -0.122. The molecule has 0 fully saturated rings. The van der Waals surface area contributed by atoms with Crippen molar-refractivity contribution in [3.05, 3.63) is 48.0 Å². The number of amides is 1. The zero-order valence-electron chi connectivity index (χ0n) is 12.8. The first-order valence-electron chi connectivity index (χ1n) is 7.68. The van der Waals surface area contributed by atoms with E-state index in [2.05, 4.69) is 29.6 Å². The van der Waals surface area contributed by atoms with Gasteiger partial charge in [-0.15, -0.1) is 0 Å². The molecule has 0 aliphatic heterocycles. The average Bonchev–Trinajstić information content (AvgIpc) is 2.53. The minimum Gasteiger partial charge on any atom is -0.348 e. The highest BCUT2D eigenvalue weighted by Crippen LogP contribution is 2.21. The lowest BCUT2D eigenvalue weighted by molar-refractivity contribution is -0.125. The monoisotopic (exact) mass is 284 g/mol. The van der Waals surface area contributed by atoms with Crippen LogP contribution in [-0.4, -0.2) is 12.5 Å². The molecule has 0 aromatic heterocycles. The van der Waals surface area contributed by atoms with Crippen LogP contribution in [0.25, 0.3) is 10.8 Å². The van der Waals surface area contributed by atoms with Gasteiger partial charge in [0.15, 0.2) is 0 Å². The SMILES string of the molecule is CCC(CC)C(=O)NC(CN)c1ccc2ccccc2c1. The van der Waals surface area contributed by atoms with Crippen molar-refractivity contribution in [1.82, 2.24) is 5.32 Å². The van der Waals surface area contributed by atoms with Gasteiger partial charge in [-0.1, -0.05) is 50.2 Å². The summed E-state index contributed by atoms with van der Waals surface area (Å²) in [5.74, 6) is 0.170. The van der Waals surface area contributed by atoms with Crippen molar-refractivity contribution in [3.8, 4) is 0 Å². The second kappa shape index (κ2) is 7.23. The molecule has 3 nitrogen and oxygen atoms in total. The van der Waals surface area contributed by atoms with E-state index in [9.17, 15) is 4.79 Å². The third kappa shape index (κ3) is 3.61. The first kappa shape index (κ1) is 15.5. The van der Waals surface area contributed by atoms with Gasteiger partial charge in [-0.05, 0) is 35.2 Å². The molecule has 0 aliphatic rings. The molecular weight excluding hydrogens is 260 g/mol. The van der Waals surface area contributed by atoms with E-state index in [1.54, 1.807) is 0 Å². The topological polar surface area (TPSA) is 55.1 Å². The Morgan fingerprint density at radius 3 is 2.38 bits per heavy atom. The Morgan fingerprint density at radius 2 is 1.76 bits per heavy atom. The molecule has 1 amide bonds. The Bertz CT molecular complexity index is 605. The molecule has 112 valence electrons. The van der Waals surface area contributed by atoms with Gasteiger partial charge in [0, 0.05) is 12.5 Å². The fraction of sp³-hybridized carbons (Fsp3) is 0.389. The molecule has 0 saturated heterocycles. The number of rotatable bonds is 6. The standard InChI is InChI=1S/C18H24N2O/c1-3-13(4-2)18(21)20-17(12-19)16-10-9-14-7-5-6-8-15(14)11-16/h5-11,13,17H,3-4,12,19H2,1-2H3,(H,20,21). The molecule has 0 bridgehead atoms. The van der Waals surface area contributed by atoms with Crippen molar-refractivity contribution in [2.24, 2.45) is 11.7 Å². The van der Waals surface area contributed by atoms with Crippen LogP contribution in [0, 0.1) is 5.92 Å². The van der Waals surface area contributed by atoms with Crippen LogP contribution in [0.4, 0.5) is 0 Å². The molecule has 0 aliphatic carbocycles. The predicted molar refractivity (Wildman–Crippen MR) is 88.0 cm³/mol. The zero-order chi connectivity index (χ0) is 15.2. The minimum absolute atomic E-state index is 0.0690. The fourth-order valence-electron chi connectivity index (χ4n) is 2.65. The molecule has 21 heavy (non-hydrogen) atoms. The van der Waals surface area contributed by atoms with Crippen LogP contribution in [0.3, 0.4) is 0 Å². The van der Waals surface area contributed by atoms with E-state index in [4.69, 9.17) is 5.73 Å². The Balaban J connectivity index is 2.21. The maximum absolute atomic E-state index is 12.2. The van der Waals surface area contributed by atoms with E-state index < -0.39 is 0 Å². The van der Waals surface area contributed by atoms with Crippen LogP contribution < -0.4 is 11.1 Å². The Labute approximate surface area is 126 Å². The summed E-state index contributed by atoms with van der Waals surface area (Å²) in [7, 11) is 0. The van der Waals surface area contributed by atoms with Crippen molar-refractivity contribution in [2.45, 2.75) is 32.7 Å². The average molecular weight is 284 g/mol. The summed E-state index contributed by atoms with van der Waals surface area (Å²) in [4.78, 5) is 12.2. The third-order valence-corrected chi connectivity index (χ3v) is 4.08. The van der Waals surface area contributed by atoms with Crippen LogP contribution >= 0.6 is 0 Å². The summed E-state index contributed by atoms with van der Waals surface area (Å²) in [5.41, 5.74) is 6.93. The van der Waals surface area contributed by atoms with Gasteiger partial charge in [-0.3, -0.25) is 4.79 Å². The Morgan fingerprint density at radius 1 is 1.10 bits per heavy atom. The lowest BCUT2D eigenvalue weighted by Crippen LogP contribution is -2.37. The maximum Gasteiger partial charge on any atom is 0.223 e. The molecule has 2 rings (SSSR count). The summed E-state index contributed by atoms with van der Waals surface area (Å²) in [6.45, 7) is 4.49. The molecule has 0 radical (unpaired) electrons. The second-order valence-corrected chi connectivity index (χ2v) is 5.42. The summed E-state index contributed by atoms with van der Waals surface area (Å²) < 4.78 is 0. The fourth-order valence-corrected chi connectivity index (χ4v) is 2.65. The summed E-state index contributed by atoms with van der Waals surface area (Å²) in [6.07, 6.45) is 1.72. The Hall–Kier alpha value is -1.87. The van der Waals surface area contributed by atoms with Crippen LogP contribution in [-0.2, 0) is 4.79 Å². The number of nitrogens with two attached hydrogens (primary N) is 1. The van der Waals surface area contributed by atoms with Gasteiger partial charge in [0.1, 0.15) is 0 Å². The normalized spacial score (nSPS) is 12.6. The number of benzene rings is 2. The van der Waals surface area contributed by atoms with Gasteiger partial charge in [0.2, 0.25) is 5.91 Å². The highest BCUT2D eigenvalue weighted by molar-refractivity contribution is 5.83. The number of carbonyl (C=O) groups is 1. The van der Waals surface area contributed by atoms with Gasteiger partial charge in [-0.2, -0.15) is 0 Å². The molecule has 3 heteroatoms.